The van der Waals surface area contributed by atoms with Gasteiger partial charge in [0.15, 0.2) is 0 Å². The Morgan fingerprint density at radius 2 is 2.00 bits per heavy atom. The first kappa shape index (κ1) is 19.8. The molecule has 8 heteroatoms. The largest absolute Gasteiger partial charge is 0.391 e. The normalized spacial score (nSPS) is 26.4. The number of amides is 1. The molecule has 1 saturated heterocycles. The van der Waals surface area contributed by atoms with E-state index in [1.54, 1.807) is 18.6 Å². The van der Waals surface area contributed by atoms with Crippen molar-refractivity contribution in [1.29, 1.82) is 0 Å². The Bertz CT molecular complexity index is 868. The zero-order valence-corrected chi connectivity index (χ0v) is 17.4. The summed E-state index contributed by atoms with van der Waals surface area (Å²) in [5.74, 6) is 1.53. The molecule has 4 rings (SSSR count). The molecule has 2 aliphatic rings. The molecular formula is C21H30N6O2. The van der Waals surface area contributed by atoms with Crippen LogP contribution in [0.5, 0.6) is 0 Å². The molecule has 156 valence electrons. The maximum Gasteiger partial charge on any atom is 0.244 e. The second-order valence-corrected chi connectivity index (χ2v) is 8.36. The van der Waals surface area contributed by atoms with E-state index in [0.29, 0.717) is 24.1 Å². The maximum atomic E-state index is 12.9. The molecule has 2 N–H and O–H groups in total. The number of hydrogen-bond donors (Lipinski definition) is 2. The number of hydrogen-bond acceptors (Lipinski definition) is 6. The van der Waals surface area contributed by atoms with E-state index in [-0.39, 0.29) is 18.5 Å². The van der Waals surface area contributed by atoms with Crippen LogP contribution in [0.25, 0.3) is 0 Å². The third-order valence-electron chi connectivity index (χ3n) is 6.56. The molecule has 1 aliphatic heterocycles. The second-order valence-electron chi connectivity index (χ2n) is 8.36. The zero-order chi connectivity index (χ0) is 20.5. The van der Waals surface area contributed by atoms with Crippen LogP contribution in [0.1, 0.15) is 36.7 Å². The molecule has 29 heavy (non-hydrogen) atoms. The van der Waals surface area contributed by atoms with Gasteiger partial charge >= 0.3 is 0 Å². The number of rotatable bonds is 5. The van der Waals surface area contributed by atoms with Crippen molar-refractivity contribution in [3.8, 4) is 0 Å². The Balaban J connectivity index is 1.38. The lowest BCUT2D eigenvalue weighted by Crippen LogP contribution is -2.43. The van der Waals surface area contributed by atoms with E-state index in [1.807, 2.05) is 23.4 Å². The van der Waals surface area contributed by atoms with Crippen LogP contribution in [0.2, 0.25) is 0 Å². The van der Waals surface area contributed by atoms with Gasteiger partial charge in [0.1, 0.15) is 12.4 Å². The van der Waals surface area contributed by atoms with Crippen LogP contribution in [-0.2, 0) is 17.8 Å². The highest BCUT2D eigenvalue weighted by Crippen LogP contribution is 2.37. The van der Waals surface area contributed by atoms with Gasteiger partial charge in [-0.3, -0.25) is 14.5 Å². The highest BCUT2D eigenvalue weighted by Gasteiger charge is 2.43. The molecule has 2 aromatic rings. The van der Waals surface area contributed by atoms with Crippen molar-refractivity contribution >= 4 is 11.7 Å². The van der Waals surface area contributed by atoms with Gasteiger partial charge in [-0.15, -0.1) is 0 Å². The fourth-order valence-electron chi connectivity index (χ4n) is 4.98. The molecule has 3 heterocycles. The summed E-state index contributed by atoms with van der Waals surface area (Å²) in [5, 5.41) is 18.5. The van der Waals surface area contributed by atoms with Gasteiger partial charge in [-0.1, -0.05) is 6.92 Å². The summed E-state index contributed by atoms with van der Waals surface area (Å²) < 4.78 is 1.84. The lowest BCUT2D eigenvalue weighted by atomic mass is 9.77. The molecule has 2 aromatic heterocycles. The van der Waals surface area contributed by atoms with Gasteiger partial charge < -0.3 is 15.3 Å². The van der Waals surface area contributed by atoms with E-state index in [4.69, 9.17) is 0 Å². The third-order valence-corrected chi connectivity index (χ3v) is 6.56. The summed E-state index contributed by atoms with van der Waals surface area (Å²) in [4.78, 5) is 23.2. The van der Waals surface area contributed by atoms with Crippen LogP contribution in [0, 0.1) is 25.7 Å². The topological polar surface area (TPSA) is 96.2 Å². The molecular weight excluding hydrogens is 368 g/mol. The van der Waals surface area contributed by atoms with Gasteiger partial charge in [-0.05, 0) is 50.5 Å². The van der Waals surface area contributed by atoms with E-state index < -0.39 is 6.10 Å². The summed E-state index contributed by atoms with van der Waals surface area (Å²) in [6, 6.07) is -0.0638. The van der Waals surface area contributed by atoms with Crippen molar-refractivity contribution in [3.05, 3.63) is 35.5 Å². The van der Waals surface area contributed by atoms with Crippen molar-refractivity contribution < 1.29 is 9.90 Å². The van der Waals surface area contributed by atoms with E-state index in [2.05, 4.69) is 27.3 Å². The van der Waals surface area contributed by atoms with E-state index in [9.17, 15) is 9.90 Å². The number of likely N-dealkylation sites (tertiary alicyclic amines) is 1. The monoisotopic (exact) mass is 398 g/mol. The molecule has 0 radical (unpaired) electrons. The smallest absolute Gasteiger partial charge is 0.244 e. The minimum absolute atomic E-state index is 0.0638. The number of aromatic nitrogens is 4. The van der Waals surface area contributed by atoms with E-state index in [1.165, 1.54) is 5.56 Å². The van der Waals surface area contributed by atoms with E-state index in [0.717, 1.165) is 37.3 Å². The number of carbonyl (C=O) groups is 1. The van der Waals surface area contributed by atoms with Crippen LogP contribution in [-0.4, -0.2) is 60.9 Å². The zero-order valence-electron chi connectivity index (χ0n) is 17.4. The van der Waals surface area contributed by atoms with Gasteiger partial charge in [0.05, 0.1) is 24.0 Å². The molecule has 8 nitrogen and oxygen atoms in total. The first-order valence-electron chi connectivity index (χ1n) is 10.5. The first-order valence-corrected chi connectivity index (χ1v) is 10.5. The summed E-state index contributed by atoms with van der Waals surface area (Å²) in [6.07, 6.45) is 6.94. The van der Waals surface area contributed by atoms with Crippen LogP contribution in [0.4, 0.5) is 5.82 Å². The van der Waals surface area contributed by atoms with Gasteiger partial charge in [-0.2, -0.15) is 5.10 Å². The van der Waals surface area contributed by atoms with Crippen molar-refractivity contribution in [2.75, 3.05) is 18.4 Å². The standard InChI is InChI=1S/C21H30N6O2/c1-4-17-13(2)25-27(14(17)3)12-21(29)26-10-15-7-18(19(28)8-16(15)11-26)24-20-9-22-5-6-23-20/h5-6,9,15-16,18-19,28H,4,7-8,10-12H2,1-3H3,(H,23,24)/t15-,16+,18-,19-/m1/s1. The van der Waals surface area contributed by atoms with Crippen LogP contribution >= 0.6 is 0 Å². The fraction of sp³-hybridized carbons (Fsp3) is 0.619. The predicted octanol–water partition coefficient (Wildman–Crippen LogP) is 1.56. The number of fused-ring (bicyclic) bond motifs is 1. The highest BCUT2D eigenvalue weighted by atomic mass is 16.3. The number of aryl methyl sites for hydroxylation is 1. The lowest BCUT2D eigenvalue weighted by molar-refractivity contribution is -0.131. The summed E-state index contributed by atoms with van der Waals surface area (Å²) >= 11 is 0. The molecule has 1 saturated carbocycles. The molecule has 0 spiro atoms. The molecule has 1 amide bonds. The molecule has 4 atom stereocenters. The van der Waals surface area contributed by atoms with Crippen molar-refractivity contribution in [2.45, 2.75) is 58.7 Å². The minimum atomic E-state index is -0.448. The Morgan fingerprint density at radius 1 is 1.24 bits per heavy atom. The highest BCUT2D eigenvalue weighted by molar-refractivity contribution is 5.76. The quantitative estimate of drug-likeness (QED) is 0.794. The molecule has 0 bridgehead atoms. The number of carbonyl (C=O) groups excluding carboxylic acids is 1. The molecule has 1 aliphatic carbocycles. The van der Waals surface area contributed by atoms with Crippen molar-refractivity contribution in [2.24, 2.45) is 11.8 Å². The maximum absolute atomic E-state index is 12.9. The average Bonchev–Trinajstić information content (AvgIpc) is 3.23. The summed E-state index contributed by atoms with van der Waals surface area (Å²) in [6.45, 7) is 7.91. The van der Waals surface area contributed by atoms with Gasteiger partial charge in [0.25, 0.3) is 0 Å². The molecule has 2 fully saturated rings. The Kier molecular flexibility index (Phi) is 5.54. The lowest BCUT2D eigenvalue weighted by Gasteiger charge is -2.35. The molecule has 0 unspecified atom stereocenters. The number of nitrogens with zero attached hydrogens (tertiary/aromatic N) is 5. The van der Waals surface area contributed by atoms with Crippen molar-refractivity contribution in [3.63, 3.8) is 0 Å². The van der Waals surface area contributed by atoms with Crippen LogP contribution < -0.4 is 5.32 Å². The Morgan fingerprint density at radius 3 is 2.66 bits per heavy atom. The summed E-state index contributed by atoms with van der Waals surface area (Å²) in [7, 11) is 0. The number of aliphatic hydroxyl groups excluding tert-OH is 1. The number of anilines is 1. The second kappa shape index (κ2) is 8.10. The minimum Gasteiger partial charge on any atom is -0.391 e. The fourth-order valence-corrected chi connectivity index (χ4v) is 4.98. The molecule has 0 aromatic carbocycles. The number of nitrogens with one attached hydrogen (secondary N) is 1. The van der Waals surface area contributed by atoms with Crippen LogP contribution in [0.3, 0.4) is 0 Å². The Hall–Kier alpha value is -2.48. The first-order chi connectivity index (χ1) is 14.0. The van der Waals surface area contributed by atoms with E-state index >= 15 is 0 Å². The SMILES string of the molecule is CCc1c(C)nn(CC(=O)N2C[C@H]3C[C@@H](Nc4cnccn4)[C@H](O)C[C@H]3C2)c1C. The van der Waals surface area contributed by atoms with Gasteiger partial charge in [0.2, 0.25) is 5.91 Å². The average molecular weight is 399 g/mol. The van der Waals surface area contributed by atoms with Gasteiger partial charge in [0, 0.05) is 31.2 Å². The Labute approximate surface area is 171 Å². The van der Waals surface area contributed by atoms with Crippen molar-refractivity contribution in [1.82, 2.24) is 24.6 Å². The predicted molar refractivity (Wildman–Crippen MR) is 109 cm³/mol. The summed E-state index contributed by atoms with van der Waals surface area (Å²) in [5.41, 5.74) is 3.32. The van der Waals surface area contributed by atoms with Gasteiger partial charge in [-0.25, -0.2) is 4.98 Å². The number of aliphatic hydroxyl groups is 1. The third kappa shape index (κ3) is 3.99. The van der Waals surface area contributed by atoms with Crippen LogP contribution in [0.15, 0.2) is 18.6 Å².